The summed E-state index contributed by atoms with van der Waals surface area (Å²) in [7, 11) is 0. The Balaban J connectivity index is 1.40. The summed E-state index contributed by atoms with van der Waals surface area (Å²) in [5, 5.41) is 8.74. The van der Waals surface area contributed by atoms with Crippen molar-refractivity contribution in [1.29, 1.82) is 0 Å². The number of benzene rings is 1. The first kappa shape index (κ1) is 19.2. The van der Waals surface area contributed by atoms with Crippen LogP contribution in [0.3, 0.4) is 0 Å². The van der Waals surface area contributed by atoms with E-state index in [1.165, 1.54) is 24.4 Å². The zero-order chi connectivity index (χ0) is 21.6. The standard InChI is InChI=1S/C20H14F4N6O/c21-14-3-1-2-13-12(9-31-18(13)14)7-30-8-16(26-10-30)15-6-11(4-5-25-15)17-19(20(22,23)24)28-29-27-17/h1-6,8,10,12H,7,9H2,(H,27,28,29)/t12-/m1/s1. The van der Waals surface area contributed by atoms with Crippen molar-refractivity contribution in [3.8, 4) is 28.4 Å². The highest BCUT2D eigenvalue weighted by atomic mass is 19.4. The van der Waals surface area contributed by atoms with Gasteiger partial charge in [0, 0.05) is 36.0 Å². The van der Waals surface area contributed by atoms with Crippen LogP contribution in [0.25, 0.3) is 22.6 Å². The van der Waals surface area contributed by atoms with E-state index in [9.17, 15) is 17.6 Å². The Bertz CT molecular complexity index is 1250. The van der Waals surface area contributed by atoms with Gasteiger partial charge in [0.1, 0.15) is 11.4 Å². The van der Waals surface area contributed by atoms with Gasteiger partial charge >= 0.3 is 6.18 Å². The Labute approximate surface area is 172 Å². The highest BCUT2D eigenvalue weighted by molar-refractivity contribution is 5.67. The van der Waals surface area contributed by atoms with Gasteiger partial charge in [-0.25, -0.2) is 9.37 Å². The third-order valence-corrected chi connectivity index (χ3v) is 5.06. The molecular formula is C20H14F4N6O. The molecule has 1 aliphatic rings. The van der Waals surface area contributed by atoms with Crippen LogP contribution in [-0.4, -0.2) is 36.6 Å². The number of hydrogen-bond acceptors (Lipinski definition) is 5. The molecule has 0 saturated heterocycles. The number of rotatable bonds is 4. The van der Waals surface area contributed by atoms with Crippen LogP contribution in [0.5, 0.6) is 5.75 Å². The number of aromatic nitrogens is 6. The molecule has 0 unspecified atom stereocenters. The third kappa shape index (κ3) is 3.51. The fourth-order valence-electron chi connectivity index (χ4n) is 3.62. The van der Waals surface area contributed by atoms with Crippen LogP contribution in [-0.2, 0) is 12.7 Å². The van der Waals surface area contributed by atoms with Crippen molar-refractivity contribution in [1.82, 2.24) is 29.9 Å². The molecule has 0 radical (unpaired) electrons. The summed E-state index contributed by atoms with van der Waals surface area (Å²) in [4.78, 5) is 8.53. The molecule has 0 amide bonds. The highest BCUT2D eigenvalue weighted by Gasteiger charge is 2.37. The fourth-order valence-corrected chi connectivity index (χ4v) is 3.62. The van der Waals surface area contributed by atoms with E-state index in [0.717, 1.165) is 5.56 Å². The Morgan fingerprint density at radius 3 is 2.87 bits per heavy atom. The van der Waals surface area contributed by atoms with E-state index in [4.69, 9.17) is 4.74 Å². The van der Waals surface area contributed by atoms with Gasteiger partial charge in [0.05, 0.1) is 18.6 Å². The van der Waals surface area contributed by atoms with Crippen molar-refractivity contribution < 1.29 is 22.3 Å². The molecule has 31 heavy (non-hydrogen) atoms. The van der Waals surface area contributed by atoms with Gasteiger partial charge < -0.3 is 9.30 Å². The molecule has 3 aromatic heterocycles. The zero-order valence-electron chi connectivity index (χ0n) is 15.8. The number of alkyl halides is 3. The van der Waals surface area contributed by atoms with Gasteiger partial charge in [-0.05, 0) is 18.2 Å². The number of halogens is 4. The third-order valence-electron chi connectivity index (χ3n) is 5.06. The van der Waals surface area contributed by atoms with E-state index >= 15 is 0 Å². The molecule has 1 aliphatic heterocycles. The molecule has 1 N–H and O–H groups in total. The first-order valence-electron chi connectivity index (χ1n) is 9.28. The first-order valence-corrected chi connectivity index (χ1v) is 9.28. The maximum Gasteiger partial charge on any atom is 0.435 e. The molecule has 1 aromatic carbocycles. The minimum Gasteiger partial charge on any atom is -0.489 e. The molecule has 7 nitrogen and oxygen atoms in total. The highest BCUT2D eigenvalue weighted by Crippen LogP contribution is 2.37. The van der Waals surface area contributed by atoms with Crippen LogP contribution in [0.2, 0.25) is 0 Å². The molecule has 0 saturated carbocycles. The lowest BCUT2D eigenvalue weighted by Crippen LogP contribution is -2.09. The molecular weight excluding hydrogens is 416 g/mol. The largest absolute Gasteiger partial charge is 0.489 e. The van der Waals surface area contributed by atoms with Crippen molar-refractivity contribution in [2.24, 2.45) is 0 Å². The lowest BCUT2D eigenvalue weighted by atomic mass is 10.0. The Morgan fingerprint density at radius 2 is 2.03 bits per heavy atom. The molecule has 0 aliphatic carbocycles. The topological polar surface area (TPSA) is 81.5 Å². The predicted molar refractivity (Wildman–Crippen MR) is 100 cm³/mol. The van der Waals surface area contributed by atoms with E-state index in [-0.39, 0.29) is 22.9 Å². The summed E-state index contributed by atoms with van der Waals surface area (Å²) in [5.41, 5.74) is 0.550. The fraction of sp³-hybridized carbons (Fsp3) is 0.200. The van der Waals surface area contributed by atoms with Crippen molar-refractivity contribution in [3.63, 3.8) is 0 Å². The number of imidazole rings is 1. The summed E-state index contributed by atoms with van der Waals surface area (Å²) in [5.74, 6) is -0.162. The van der Waals surface area contributed by atoms with Crippen molar-refractivity contribution in [2.45, 2.75) is 18.6 Å². The number of fused-ring (bicyclic) bond motifs is 1. The van der Waals surface area contributed by atoms with E-state index < -0.39 is 17.7 Å². The molecule has 4 aromatic rings. The number of nitrogens with one attached hydrogen (secondary N) is 1. The molecule has 158 valence electrons. The van der Waals surface area contributed by atoms with Crippen LogP contribution in [0.15, 0.2) is 49.1 Å². The first-order chi connectivity index (χ1) is 14.9. The molecule has 11 heteroatoms. The van der Waals surface area contributed by atoms with Gasteiger partial charge in [0.15, 0.2) is 17.3 Å². The van der Waals surface area contributed by atoms with Crippen LogP contribution < -0.4 is 4.74 Å². The molecule has 5 rings (SSSR count). The Hall–Kier alpha value is -3.76. The van der Waals surface area contributed by atoms with Gasteiger partial charge in [-0.15, -0.1) is 5.10 Å². The smallest absolute Gasteiger partial charge is 0.435 e. The van der Waals surface area contributed by atoms with Gasteiger partial charge in [-0.2, -0.15) is 13.2 Å². The molecule has 0 spiro atoms. The average molecular weight is 430 g/mol. The number of ether oxygens (including phenoxy) is 1. The van der Waals surface area contributed by atoms with Crippen LogP contribution in [0, 0.1) is 5.82 Å². The average Bonchev–Trinajstić information content (AvgIpc) is 3.48. The van der Waals surface area contributed by atoms with Crippen molar-refractivity contribution in [3.05, 3.63) is 66.1 Å². The normalized spacial score (nSPS) is 15.7. The van der Waals surface area contributed by atoms with E-state index in [2.05, 4.69) is 20.3 Å². The number of H-pyrrole nitrogens is 1. The summed E-state index contributed by atoms with van der Waals surface area (Å²) in [6, 6.07) is 7.73. The predicted octanol–water partition coefficient (Wildman–Crippen LogP) is 4.06. The summed E-state index contributed by atoms with van der Waals surface area (Å²) in [6.07, 6.45) is 0.112. The lowest BCUT2D eigenvalue weighted by Gasteiger charge is -2.09. The van der Waals surface area contributed by atoms with Crippen LogP contribution in [0.1, 0.15) is 17.2 Å². The zero-order valence-corrected chi connectivity index (χ0v) is 15.8. The number of aromatic amines is 1. The Morgan fingerprint density at radius 1 is 1.16 bits per heavy atom. The monoisotopic (exact) mass is 430 g/mol. The van der Waals surface area contributed by atoms with Gasteiger partial charge in [-0.3, -0.25) is 10.1 Å². The van der Waals surface area contributed by atoms with Crippen LogP contribution >= 0.6 is 0 Å². The van der Waals surface area contributed by atoms with E-state index in [0.29, 0.717) is 24.5 Å². The molecule has 0 fully saturated rings. The van der Waals surface area contributed by atoms with Gasteiger partial charge in [0.25, 0.3) is 0 Å². The number of pyridine rings is 1. The molecule has 4 heterocycles. The van der Waals surface area contributed by atoms with Gasteiger partial charge in [0.2, 0.25) is 0 Å². The minimum atomic E-state index is -4.61. The summed E-state index contributed by atoms with van der Waals surface area (Å²) < 4.78 is 60.6. The number of hydrogen-bond donors (Lipinski definition) is 1. The maximum atomic E-state index is 13.9. The second kappa shape index (κ2) is 7.18. The maximum absolute atomic E-state index is 13.9. The second-order valence-electron chi connectivity index (χ2n) is 7.08. The Kier molecular flexibility index (Phi) is 4.45. The second-order valence-corrected chi connectivity index (χ2v) is 7.08. The van der Waals surface area contributed by atoms with Crippen LogP contribution in [0.4, 0.5) is 17.6 Å². The number of para-hydroxylation sites is 1. The van der Waals surface area contributed by atoms with Gasteiger partial charge in [-0.1, -0.05) is 17.3 Å². The van der Waals surface area contributed by atoms with E-state index in [1.54, 1.807) is 18.6 Å². The quantitative estimate of drug-likeness (QED) is 0.494. The number of nitrogens with zero attached hydrogens (tertiary/aromatic N) is 5. The summed E-state index contributed by atoms with van der Waals surface area (Å²) in [6.45, 7) is 0.856. The summed E-state index contributed by atoms with van der Waals surface area (Å²) >= 11 is 0. The molecule has 1 atom stereocenters. The van der Waals surface area contributed by atoms with Crippen molar-refractivity contribution >= 4 is 0 Å². The SMILES string of the molecule is Fc1cccc2c1OC[C@H]2Cn1cnc(-c2cc(-c3nn[nH]c3C(F)(F)F)ccn2)c1. The minimum absolute atomic E-state index is 0.0449. The lowest BCUT2D eigenvalue weighted by molar-refractivity contribution is -0.140. The van der Waals surface area contributed by atoms with E-state index in [1.807, 2.05) is 15.7 Å². The molecule has 0 bridgehead atoms. The van der Waals surface area contributed by atoms with Crippen molar-refractivity contribution in [2.75, 3.05) is 6.61 Å².